The molecule has 1 aromatic carbocycles. The van der Waals surface area contributed by atoms with Crippen LogP contribution in [-0.4, -0.2) is 21.3 Å². The van der Waals surface area contributed by atoms with Gasteiger partial charge in [-0.15, -0.1) is 0 Å². The van der Waals surface area contributed by atoms with Crippen molar-refractivity contribution in [1.82, 2.24) is 4.98 Å². The van der Waals surface area contributed by atoms with Crippen molar-refractivity contribution in [3.63, 3.8) is 0 Å². The van der Waals surface area contributed by atoms with Crippen molar-refractivity contribution >= 4 is 28.6 Å². The van der Waals surface area contributed by atoms with E-state index in [1.807, 2.05) is 31.2 Å². The molecule has 2 rings (SSSR count). The molecule has 0 aliphatic heterocycles. The highest BCUT2D eigenvalue weighted by Crippen LogP contribution is 2.24. The topological polar surface area (TPSA) is 50.2 Å². The third-order valence-electron chi connectivity index (χ3n) is 2.70. The average Bonchev–Trinajstić information content (AvgIpc) is 2.35. The first-order valence-electron chi connectivity index (χ1n) is 5.83. The molecule has 0 aliphatic rings. The van der Waals surface area contributed by atoms with Crippen LogP contribution >= 0.6 is 11.8 Å². The summed E-state index contributed by atoms with van der Waals surface area (Å²) in [6.45, 7) is 1.94. The third kappa shape index (κ3) is 3.23. The highest BCUT2D eigenvalue weighted by molar-refractivity contribution is 7.99. The largest absolute Gasteiger partial charge is 0.481 e. The molecule has 0 aliphatic carbocycles. The highest BCUT2D eigenvalue weighted by Gasteiger charge is 2.09. The maximum atomic E-state index is 10.6. The van der Waals surface area contributed by atoms with Gasteiger partial charge in [-0.2, -0.15) is 11.8 Å². The molecule has 0 fully saturated rings. The normalized spacial score (nSPS) is 12.5. The lowest BCUT2D eigenvalue weighted by atomic mass is 10.1. The molecule has 18 heavy (non-hydrogen) atoms. The van der Waals surface area contributed by atoms with Gasteiger partial charge in [-0.05, 0) is 11.6 Å². The van der Waals surface area contributed by atoms with E-state index in [0.717, 1.165) is 22.2 Å². The molecular formula is C14H15NO2S. The van der Waals surface area contributed by atoms with E-state index in [9.17, 15) is 4.79 Å². The maximum absolute atomic E-state index is 10.6. The van der Waals surface area contributed by atoms with Crippen LogP contribution in [0.25, 0.3) is 10.9 Å². The predicted octanol–water partition coefficient (Wildman–Crippen LogP) is 3.33. The predicted molar refractivity (Wildman–Crippen MR) is 74.8 cm³/mol. The number of para-hydroxylation sites is 1. The van der Waals surface area contributed by atoms with E-state index in [0.29, 0.717) is 0 Å². The van der Waals surface area contributed by atoms with Crippen molar-refractivity contribution < 1.29 is 9.90 Å². The summed E-state index contributed by atoms with van der Waals surface area (Å²) in [6, 6.07) is 10.1. The molecule has 0 spiro atoms. The summed E-state index contributed by atoms with van der Waals surface area (Å²) >= 11 is 1.65. The first kappa shape index (κ1) is 12.9. The van der Waals surface area contributed by atoms with Gasteiger partial charge >= 0.3 is 5.97 Å². The van der Waals surface area contributed by atoms with E-state index >= 15 is 0 Å². The Bertz CT molecular complexity index is 551. The van der Waals surface area contributed by atoms with Gasteiger partial charge in [0.15, 0.2) is 0 Å². The zero-order valence-corrected chi connectivity index (χ0v) is 11.0. The van der Waals surface area contributed by atoms with E-state index < -0.39 is 5.97 Å². The van der Waals surface area contributed by atoms with Crippen LogP contribution in [0.4, 0.5) is 0 Å². The van der Waals surface area contributed by atoms with E-state index in [4.69, 9.17) is 5.11 Å². The van der Waals surface area contributed by atoms with Gasteiger partial charge in [0.05, 0.1) is 11.9 Å². The van der Waals surface area contributed by atoms with E-state index in [1.54, 1.807) is 18.0 Å². The Hall–Kier alpha value is -1.55. The van der Waals surface area contributed by atoms with E-state index in [1.165, 1.54) is 0 Å². The molecule has 0 bridgehead atoms. The van der Waals surface area contributed by atoms with Crippen LogP contribution in [0.2, 0.25) is 0 Å². The molecule has 1 N–H and O–H groups in total. The van der Waals surface area contributed by atoms with Gasteiger partial charge in [0, 0.05) is 22.6 Å². The fourth-order valence-corrected chi connectivity index (χ4v) is 2.78. The number of carbonyl (C=O) groups is 1. The Morgan fingerprint density at radius 3 is 2.94 bits per heavy atom. The summed E-state index contributed by atoms with van der Waals surface area (Å²) < 4.78 is 0. The van der Waals surface area contributed by atoms with Gasteiger partial charge in [0.1, 0.15) is 0 Å². The average molecular weight is 261 g/mol. The number of fused-ring (bicyclic) bond motifs is 1. The summed E-state index contributed by atoms with van der Waals surface area (Å²) in [5.41, 5.74) is 2.17. The summed E-state index contributed by atoms with van der Waals surface area (Å²) in [5.74, 6) is 0.0500. The number of hydrogen-bond donors (Lipinski definition) is 1. The molecule has 0 amide bonds. The van der Waals surface area contributed by atoms with Crippen LogP contribution in [0.1, 0.15) is 18.9 Å². The van der Waals surface area contributed by atoms with Crippen molar-refractivity contribution in [2.24, 2.45) is 0 Å². The van der Waals surface area contributed by atoms with Gasteiger partial charge in [-0.25, -0.2) is 0 Å². The number of carboxylic acid groups (broad SMARTS) is 1. The van der Waals surface area contributed by atoms with Crippen LogP contribution in [0.5, 0.6) is 0 Å². The number of carboxylic acids is 1. The molecule has 1 unspecified atom stereocenters. The molecule has 0 saturated heterocycles. The standard InChI is InChI=1S/C14H15NO2S/c1-10(8-13(16)17)18-9-12-5-2-4-11-6-3-7-15-14(11)12/h2-7,10H,8-9H2,1H3,(H,16,17). The molecule has 94 valence electrons. The monoisotopic (exact) mass is 261 g/mol. The fourth-order valence-electron chi connectivity index (χ4n) is 1.82. The third-order valence-corrected chi connectivity index (χ3v) is 3.92. The summed E-state index contributed by atoms with van der Waals surface area (Å²) in [4.78, 5) is 15.0. The van der Waals surface area contributed by atoms with Crippen LogP contribution in [0.3, 0.4) is 0 Å². The number of rotatable bonds is 5. The Morgan fingerprint density at radius 1 is 1.39 bits per heavy atom. The Labute approximate surface area is 110 Å². The van der Waals surface area contributed by atoms with Crippen molar-refractivity contribution in [1.29, 1.82) is 0 Å². The smallest absolute Gasteiger partial charge is 0.304 e. The van der Waals surface area contributed by atoms with Gasteiger partial charge in [-0.3, -0.25) is 9.78 Å². The molecule has 3 nitrogen and oxygen atoms in total. The first-order chi connectivity index (χ1) is 8.66. The lowest BCUT2D eigenvalue weighted by Crippen LogP contribution is -2.06. The van der Waals surface area contributed by atoms with Gasteiger partial charge in [-0.1, -0.05) is 31.2 Å². The number of benzene rings is 1. The minimum Gasteiger partial charge on any atom is -0.481 e. The molecule has 0 saturated carbocycles. The lowest BCUT2D eigenvalue weighted by Gasteiger charge is -2.09. The van der Waals surface area contributed by atoms with E-state index in [2.05, 4.69) is 11.1 Å². The molecule has 0 radical (unpaired) electrons. The minimum absolute atomic E-state index is 0.112. The molecule has 1 atom stereocenters. The lowest BCUT2D eigenvalue weighted by molar-refractivity contribution is -0.136. The van der Waals surface area contributed by atoms with Crippen LogP contribution in [0, 0.1) is 0 Å². The maximum Gasteiger partial charge on any atom is 0.304 e. The number of aromatic nitrogens is 1. The second kappa shape index (κ2) is 5.87. The zero-order valence-electron chi connectivity index (χ0n) is 10.2. The second-order valence-corrected chi connectivity index (χ2v) is 5.64. The fraction of sp³-hybridized carbons (Fsp3) is 0.286. The molecule has 1 heterocycles. The van der Waals surface area contributed by atoms with Crippen molar-refractivity contribution in [3.05, 3.63) is 42.1 Å². The number of aliphatic carboxylic acids is 1. The summed E-state index contributed by atoms with van der Waals surface area (Å²) in [6.07, 6.45) is 1.99. The summed E-state index contributed by atoms with van der Waals surface area (Å²) in [7, 11) is 0. The number of nitrogens with zero attached hydrogens (tertiary/aromatic N) is 1. The Morgan fingerprint density at radius 2 is 2.17 bits per heavy atom. The van der Waals surface area contributed by atoms with Crippen molar-refractivity contribution in [3.8, 4) is 0 Å². The zero-order chi connectivity index (χ0) is 13.0. The summed E-state index contributed by atoms with van der Waals surface area (Å²) in [5, 5.41) is 9.97. The van der Waals surface area contributed by atoms with E-state index in [-0.39, 0.29) is 11.7 Å². The van der Waals surface area contributed by atoms with Gasteiger partial charge < -0.3 is 5.11 Å². The Balaban J connectivity index is 2.10. The number of thioether (sulfide) groups is 1. The van der Waals surface area contributed by atoms with Crippen molar-refractivity contribution in [2.75, 3.05) is 0 Å². The van der Waals surface area contributed by atoms with Crippen LogP contribution < -0.4 is 0 Å². The molecule has 1 aromatic heterocycles. The molecule has 4 heteroatoms. The molecular weight excluding hydrogens is 246 g/mol. The van der Waals surface area contributed by atoms with Crippen molar-refractivity contribution in [2.45, 2.75) is 24.3 Å². The number of pyridine rings is 1. The first-order valence-corrected chi connectivity index (χ1v) is 6.87. The number of hydrogen-bond acceptors (Lipinski definition) is 3. The highest BCUT2D eigenvalue weighted by atomic mass is 32.2. The van der Waals surface area contributed by atoms with Gasteiger partial charge in [0.2, 0.25) is 0 Å². The van der Waals surface area contributed by atoms with Crippen LogP contribution in [-0.2, 0) is 10.5 Å². The second-order valence-electron chi connectivity index (χ2n) is 4.21. The van der Waals surface area contributed by atoms with Gasteiger partial charge in [0.25, 0.3) is 0 Å². The van der Waals surface area contributed by atoms with Crippen LogP contribution in [0.15, 0.2) is 36.5 Å². The quantitative estimate of drug-likeness (QED) is 0.897. The SMILES string of the molecule is CC(CC(=O)O)SCc1cccc2cccnc12. The minimum atomic E-state index is -0.744. The Kier molecular flexibility index (Phi) is 4.20. The molecule has 2 aromatic rings.